The van der Waals surface area contributed by atoms with Gasteiger partial charge in [-0.15, -0.1) is 0 Å². The molecular formula is C81H106F8N12O3. The fourth-order valence-corrected chi connectivity index (χ4v) is 20.5. The lowest BCUT2D eigenvalue weighted by molar-refractivity contribution is -0.154. The van der Waals surface area contributed by atoms with Crippen molar-refractivity contribution in [3.63, 3.8) is 0 Å². The molecule has 4 saturated heterocycles. The number of anilines is 2. The number of carbonyl (C=O) groups is 1. The van der Waals surface area contributed by atoms with E-state index in [1.807, 2.05) is 24.3 Å². The van der Waals surface area contributed by atoms with Crippen LogP contribution >= 0.6 is 0 Å². The van der Waals surface area contributed by atoms with Crippen molar-refractivity contribution in [2.24, 2.45) is 22.7 Å². The molecule has 2 spiro atoms. The highest BCUT2D eigenvalue weighted by molar-refractivity contribution is 5.97. The first kappa shape index (κ1) is 74.5. The summed E-state index contributed by atoms with van der Waals surface area (Å²) < 4.78 is 128. The number of aryl methyl sites for hydroxylation is 2. The van der Waals surface area contributed by atoms with Crippen LogP contribution in [0.15, 0.2) is 60.7 Å². The maximum Gasteiger partial charge on any atom is 0.419 e. The molecule has 6 aromatic rings. The molecule has 104 heavy (non-hydrogen) atoms. The Balaban J connectivity index is 0.781. The fraction of sp³-hybridized carbons (Fsp3) is 0.642. The highest BCUT2D eigenvalue weighted by Gasteiger charge is 2.58. The van der Waals surface area contributed by atoms with Crippen LogP contribution in [0.25, 0.3) is 21.8 Å². The lowest BCUT2D eigenvalue weighted by atomic mass is 9.62. The number of carbonyl (C=O) groups excluding carboxylic acids is 1. The third kappa shape index (κ3) is 15.2. The highest BCUT2D eigenvalue weighted by Crippen LogP contribution is 2.54. The van der Waals surface area contributed by atoms with Gasteiger partial charge in [0, 0.05) is 99.5 Å². The van der Waals surface area contributed by atoms with E-state index in [4.69, 9.17) is 29.4 Å². The molecule has 0 radical (unpaired) electrons. The summed E-state index contributed by atoms with van der Waals surface area (Å²) in [7, 11) is 3.30. The number of hydrogen-bond donors (Lipinski definition) is 4. The van der Waals surface area contributed by atoms with Gasteiger partial charge in [-0.2, -0.15) is 26.3 Å². The summed E-state index contributed by atoms with van der Waals surface area (Å²) in [4.78, 5) is 47.3. The molecule has 15 nitrogen and oxygen atoms in total. The molecule has 8 aliphatic rings. The van der Waals surface area contributed by atoms with Gasteiger partial charge in [-0.05, 0) is 252 Å². The molecule has 4 aromatic carbocycles. The summed E-state index contributed by atoms with van der Waals surface area (Å²) in [5.74, 6) is 1.69. The molecule has 4 saturated carbocycles. The van der Waals surface area contributed by atoms with Crippen molar-refractivity contribution in [2.45, 2.75) is 203 Å². The van der Waals surface area contributed by atoms with Crippen LogP contribution in [-0.2, 0) is 17.1 Å². The zero-order valence-electron chi connectivity index (χ0n) is 61.6. The van der Waals surface area contributed by atoms with E-state index in [0.29, 0.717) is 136 Å². The molecule has 8 fully saturated rings. The van der Waals surface area contributed by atoms with Crippen molar-refractivity contribution < 1.29 is 49.4 Å². The predicted octanol–water partition coefficient (Wildman–Crippen LogP) is 16.3. The Bertz CT molecular complexity index is 3760. The van der Waals surface area contributed by atoms with Crippen LogP contribution in [0.5, 0.6) is 11.5 Å². The molecule has 564 valence electrons. The number of hydrogen-bond acceptors (Lipinski definition) is 15. The van der Waals surface area contributed by atoms with Gasteiger partial charge in [0.05, 0.1) is 59.5 Å². The van der Waals surface area contributed by atoms with Gasteiger partial charge >= 0.3 is 12.4 Å². The van der Waals surface area contributed by atoms with Crippen molar-refractivity contribution in [3.05, 3.63) is 117 Å². The van der Waals surface area contributed by atoms with Crippen LogP contribution in [0.4, 0.5) is 46.8 Å². The van der Waals surface area contributed by atoms with Gasteiger partial charge in [0.25, 0.3) is 0 Å². The van der Waals surface area contributed by atoms with E-state index in [0.717, 1.165) is 115 Å². The van der Waals surface area contributed by atoms with E-state index >= 15 is 13.6 Å². The van der Waals surface area contributed by atoms with E-state index in [1.54, 1.807) is 41.9 Å². The summed E-state index contributed by atoms with van der Waals surface area (Å²) in [6, 6.07) is 12.7. The summed E-state index contributed by atoms with van der Waals surface area (Å²) in [5.41, 5.74) is -0.636. The minimum Gasteiger partial charge on any atom is -0.496 e. The molecule has 0 bridgehead atoms. The van der Waals surface area contributed by atoms with Crippen LogP contribution in [0.3, 0.4) is 0 Å². The topological polar surface area (TPSA) is 148 Å². The minimum absolute atomic E-state index is 0.0575. The first-order valence-electron chi connectivity index (χ1n) is 38.8. The van der Waals surface area contributed by atoms with E-state index in [2.05, 4.69) is 40.9 Å². The zero-order chi connectivity index (χ0) is 72.9. The Labute approximate surface area is 607 Å². The molecule has 4 aliphatic heterocycles. The van der Waals surface area contributed by atoms with Crippen molar-refractivity contribution in [3.8, 4) is 11.5 Å². The summed E-state index contributed by atoms with van der Waals surface area (Å²) in [6.45, 7) is 19.9. The first-order valence-corrected chi connectivity index (χ1v) is 38.8. The monoisotopic (exact) mass is 1450 g/mol. The van der Waals surface area contributed by atoms with E-state index in [1.165, 1.54) is 101 Å². The standard InChI is InChI=1S/C81H106F8N12O3/c1-51(59-9-7-11-65(71(59)82)80(84,85)86)92-73-63-45-61(69(103-5)47-67(63)94-53(3)96-73)57-17-25-78(26-18-57,100-41-37-98(38-42-100)49-55-13-21-76(22-14-55)29-33-90-34-30-76)75(102)79(101-43-39-99(40-44-101)50-56-15-23-77(24-16-56)31-35-91-36-32-77)27-19-58(20-28-79)62-46-64-68(48-70(62)104-6)95-54(4)97-74(64)93-52(2)60-10-8-12-66(72(60)83)81(87,88)89/h7-12,45-48,51-52,55-58,90-91H,13-44,49-50H2,1-6H3,(H,92,94,96)(H,93,95,97)/t51-,52-,57?,58?,78?,79?/m1/s1. The lowest BCUT2D eigenvalue weighted by Gasteiger charge is -2.57. The summed E-state index contributed by atoms with van der Waals surface area (Å²) >= 11 is 0. The third-order valence-electron chi connectivity index (χ3n) is 26.6. The number of aromatic nitrogens is 4. The molecule has 6 heterocycles. The van der Waals surface area contributed by atoms with E-state index < -0.39 is 58.3 Å². The third-order valence-corrected chi connectivity index (χ3v) is 26.6. The Morgan fingerprint density at radius 2 is 0.865 bits per heavy atom. The number of ketones is 1. The van der Waals surface area contributed by atoms with Crippen LogP contribution in [0, 0.1) is 48.1 Å². The SMILES string of the molecule is COc1cc2nc(C)nc(N[C@H](C)c3cccc(C(F)(F)F)c3F)c2cc1C1CCC(C(=O)C2(N3CCN(CC4CCC5(CCNCC5)CC4)CC3)CCC(c3cc4c(N[C@H](C)c5cccc(C(F)(F)F)c5F)nc(C)nc4cc3OC)CC2)(N2CCN(CC3CCC4(CCNCC4)CC3)CC2)CC1. The van der Waals surface area contributed by atoms with Gasteiger partial charge in [0.2, 0.25) is 0 Å². The number of rotatable bonds is 18. The van der Waals surface area contributed by atoms with Gasteiger partial charge in [-0.3, -0.25) is 14.6 Å². The molecule has 4 aliphatic carbocycles. The Morgan fingerprint density at radius 3 is 1.20 bits per heavy atom. The number of nitrogens with zero attached hydrogens (tertiary/aromatic N) is 8. The average molecular weight is 1450 g/mol. The number of piperidine rings is 2. The number of benzene rings is 4. The number of piperazine rings is 2. The second kappa shape index (κ2) is 30.4. The lowest BCUT2D eigenvalue weighted by Crippen LogP contribution is -2.71. The number of methoxy groups -OCH3 is 2. The molecule has 2 aromatic heterocycles. The van der Waals surface area contributed by atoms with Gasteiger partial charge in [-0.1, -0.05) is 24.3 Å². The molecule has 0 amide bonds. The van der Waals surface area contributed by atoms with Gasteiger partial charge < -0.3 is 40.5 Å². The number of ether oxygens (including phenoxy) is 2. The number of halogens is 8. The maximum absolute atomic E-state index is 17.6. The minimum atomic E-state index is -4.88. The van der Waals surface area contributed by atoms with Crippen LogP contribution in [0.2, 0.25) is 0 Å². The van der Waals surface area contributed by atoms with Gasteiger partial charge in [0.1, 0.15) is 46.4 Å². The smallest absolute Gasteiger partial charge is 0.419 e. The van der Waals surface area contributed by atoms with Crippen LogP contribution in [0.1, 0.15) is 211 Å². The average Bonchev–Trinajstić information content (AvgIpc) is 0.725. The maximum atomic E-state index is 17.6. The van der Waals surface area contributed by atoms with Crippen molar-refractivity contribution in [2.75, 3.05) is 116 Å². The number of fused-ring (bicyclic) bond motifs is 2. The Morgan fingerprint density at radius 1 is 0.510 bits per heavy atom. The van der Waals surface area contributed by atoms with Crippen molar-refractivity contribution in [1.29, 1.82) is 0 Å². The van der Waals surface area contributed by atoms with Crippen LogP contribution < -0.4 is 30.7 Å². The summed E-state index contributed by atoms with van der Waals surface area (Å²) in [6.07, 6.45) is 10.7. The molecule has 23 heteroatoms. The Kier molecular flexibility index (Phi) is 21.7. The van der Waals surface area contributed by atoms with E-state index in [9.17, 15) is 26.3 Å². The molecule has 2 atom stereocenters. The molecule has 0 unspecified atom stereocenters. The highest BCUT2D eigenvalue weighted by atomic mass is 19.4. The predicted molar refractivity (Wildman–Crippen MR) is 390 cm³/mol. The second-order valence-corrected chi connectivity index (χ2v) is 32.5. The van der Waals surface area contributed by atoms with Crippen LogP contribution in [-0.4, -0.2) is 162 Å². The quantitative estimate of drug-likeness (QED) is 0.0605. The van der Waals surface area contributed by atoms with Crippen molar-refractivity contribution in [1.82, 2.24) is 50.2 Å². The Hall–Kier alpha value is -6.37. The number of nitrogens with one attached hydrogen (secondary N) is 4. The number of alkyl halides is 6. The van der Waals surface area contributed by atoms with Crippen molar-refractivity contribution >= 4 is 39.2 Å². The first-order chi connectivity index (χ1) is 49.9. The second-order valence-electron chi connectivity index (χ2n) is 32.5. The molecule has 4 N–H and O–H groups in total. The molecular weight excluding hydrogens is 1340 g/mol. The largest absolute Gasteiger partial charge is 0.496 e. The molecule has 14 rings (SSSR count). The van der Waals surface area contributed by atoms with Gasteiger partial charge in [-0.25, -0.2) is 28.7 Å². The fourth-order valence-electron chi connectivity index (χ4n) is 20.5. The normalized spacial score (nSPS) is 26.4. The number of Topliss-reactive ketones (excluding diaryl/α,β-unsaturated/α-hetero) is 1. The zero-order valence-corrected chi connectivity index (χ0v) is 61.6. The summed E-state index contributed by atoms with van der Waals surface area (Å²) in [5, 5.41) is 15.0. The van der Waals surface area contributed by atoms with Gasteiger partial charge in [0.15, 0.2) is 5.78 Å². The van der Waals surface area contributed by atoms with E-state index in [-0.39, 0.29) is 23.0 Å².